The number of anilines is 1. The van der Waals surface area contributed by atoms with Gasteiger partial charge in [-0.05, 0) is 26.5 Å². The number of nitrogens with zero attached hydrogens (tertiary/aromatic N) is 3. The Hall–Kier alpha value is -5.16. The zero-order chi connectivity index (χ0) is 44.4. The number of carbonyl (C=O) groups is 3. The van der Waals surface area contributed by atoms with Crippen LogP contribution >= 0.6 is 0 Å². The molecule has 2 aromatic carbocycles. The molecule has 4 aliphatic rings. The highest BCUT2D eigenvalue weighted by atomic mass is 16.7. The number of carbonyl (C=O) groups excluding carboxylic acids is 3. The van der Waals surface area contributed by atoms with E-state index in [2.05, 4.69) is 22.2 Å². The number of aliphatic hydroxyl groups is 2. The number of esters is 1. The number of aromatic hydroxyl groups is 3. The van der Waals surface area contributed by atoms with Crippen molar-refractivity contribution in [2.75, 3.05) is 45.2 Å². The first kappa shape index (κ1) is 45.9. The zero-order valence-corrected chi connectivity index (χ0v) is 36.1. The van der Waals surface area contributed by atoms with Crippen LogP contribution in [-0.2, 0) is 23.8 Å². The number of benzene rings is 2. The molecule has 4 aliphatic heterocycles. The molecule has 0 aliphatic carbocycles. The number of piperazine rings is 1. The molecule has 328 valence electrons. The van der Waals surface area contributed by atoms with E-state index in [1.807, 2.05) is 0 Å². The van der Waals surface area contributed by atoms with E-state index >= 15 is 0 Å². The third-order valence-electron chi connectivity index (χ3n) is 12.2. The third-order valence-corrected chi connectivity index (χ3v) is 12.2. The predicted molar refractivity (Wildman–Crippen MR) is 225 cm³/mol. The minimum absolute atomic E-state index is 0.0572. The van der Waals surface area contributed by atoms with Gasteiger partial charge in [-0.25, -0.2) is 0 Å². The Morgan fingerprint density at radius 3 is 2.25 bits per heavy atom. The van der Waals surface area contributed by atoms with Gasteiger partial charge < -0.3 is 49.8 Å². The van der Waals surface area contributed by atoms with E-state index in [-0.39, 0.29) is 44.5 Å². The lowest BCUT2D eigenvalue weighted by molar-refractivity contribution is -0.160. The van der Waals surface area contributed by atoms with Crippen LogP contribution in [0.25, 0.3) is 10.8 Å². The molecule has 0 radical (unpaired) electrons. The third kappa shape index (κ3) is 8.97. The van der Waals surface area contributed by atoms with Crippen LogP contribution in [0, 0.1) is 30.6 Å². The Balaban J connectivity index is 1.70. The molecule has 6 N–H and O–H groups in total. The quantitative estimate of drug-likeness (QED) is 0.104. The fourth-order valence-corrected chi connectivity index (χ4v) is 8.18. The van der Waals surface area contributed by atoms with E-state index in [4.69, 9.17) is 18.9 Å². The van der Waals surface area contributed by atoms with Crippen molar-refractivity contribution in [3.8, 4) is 23.0 Å². The number of hydrogen-bond acceptors (Lipinski definition) is 15. The summed E-state index contributed by atoms with van der Waals surface area (Å²) in [5, 5.41) is 67.0. The van der Waals surface area contributed by atoms with E-state index in [0.29, 0.717) is 13.1 Å². The summed E-state index contributed by atoms with van der Waals surface area (Å²) < 4.78 is 23.6. The minimum Gasteiger partial charge on any atom is -0.507 e. The van der Waals surface area contributed by atoms with Crippen molar-refractivity contribution < 1.29 is 58.9 Å². The lowest BCUT2D eigenvalue weighted by Gasteiger charge is -2.38. The highest BCUT2D eigenvalue weighted by molar-refractivity contribution is 6.23. The van der Waals surface area contributed by atoms with Crippen LogP contribution in [0.15, 0.2) is 41.2 Å². The van der Waals surface area contributed by atoms with Gasteiger partial charge in [-0.3, -0.25) is 24.3 Å². The lowest BCUT2D eigenvalue weighted by atomic mass is 9.78. The van der Waals surface area contributed by atoms with Gasteiger partial charge in [-0.1, -0.05) is 52.8 Å². The van der Waals surface area contributed by atoms with Crippen molar-refractivity contribution >= 4 is 40.3 Å². The summed E-state index contributed by atoms with van der Waals surface area (Å²) in [6.45, 7) is 18.1. The van der Waals surface area contributed by atoms with Gasteiger partial charge in [0.1, 0.15) is 23.4 Å². The molecule has 9 atom stereocenters. The van der Waals surface area contributed by atoms with Gasteiger partial charge >= 0.3 is 11.8 Å². The van der Waals surface area contributed by atoms with E-state index in [1.165, 1.54) is 59.4 Å². The molecule has 0 spiro atoms. The van der Waals surface area contributed by atoms with Crippen molar-refractivity contribution in [2.45, 2.75) is 92.5 Å². The van der Waals surface area contributed by atoms with Crippen LogP contribution in [0.2, 0.25) is 0 Å². The maximum absolute atomic E-state index is 14.5. The Bertz CT molecular complexity index is 2090. The fourth-order valence-electron chi connectivity index (χ4n) is 8.18. The van der Waals surface area contributed by atoms with Gasteiger partial charge in [0.05, 0.1) is 53.0 Å². The molecule has 0 saturated carbocycles. The van der Waals surface area contributed by atoms with Gasteiger partial charge in [0, 0.05) is 87.3 Å². The summed E-state index contributed by atoms with van der Waals surface area (Å²) in [7, 11) is 1.44. The molecule has 5 bridgehead atoms. The normalized spacial score (nSPS) is 31.7. The van der Waals surface area contributed by atoms with Gasteiger partial charge in [-0.15, -0.1) is 0 Å². The smallest absolute Gasteiger partial charge is 0.312 e. The largest absolute Gasteiger partial charge is 0.507 e. The second kappa shape index (κ2) is 18.6. The number of fused-ring (bicyclic) bond motifs is 14. The van der Waals surface area contributed by atoms with Crippen molar-refractivity contribution in [1.29, 1.82) is 0 Å². The second-order valence-corrected chi connectivity index (χ2v) is 16.3. The molecule has 0 unspecified atom stereocenters. The highest BCUT2D eigenvalue weighted by Gasteiger charge is 2.50. The van der Waals surface area contributed by atoms with Crippen molar-refractivity contribution in [3.05, 3.63) is 52.8 Å². The summed E-state index contributed by atoms with van der Waals surface area (Å²) in [6, 6.07) is 0. The first-order valence-corrected chi connectivity index (χ1v) is 20.4. The Labute approximate surface area is 350 Å². The van der Waals surface area contributed by atoms with Crippen LogP contribution in [0.5, 0.6) is 23.0 Å². The monoisotopic (exact) mass is 836 g/mol. The Kier molecular flexibility index (Phi) is 14.3. The molecular weight excluding hydrogens is 776 g/mol. The molecule has 16 nitrogen and oxygen atoms in total. The molecule has 1 fully saturated rings. The van der Waals surface area contributed by atoms with Crippen molar-refractivity contribution in [1.82, 2.24) is 9.91 Å². The first-order chi connectivity index (χ1) is 28.3. The van der Waals surface area contributed by atoms with E-state index in [0.717, 1.165) is 19.6 Å². The Morgan fingerprint density at radius 2 is 1.63 bits per heavy atom. The average molecular weight is 837 g/mol. The highest BCUT2D eigenvalue weighted by Crippen LogP contribution is 2.55. The zero-order valence-electron chi connectivity index (χ0n) is 36.1. The minimum atomic E-state index is -2.04. The molecule has 2 aromatic rings. The summed E-state index contributed by atoms with van der Waals surface area (Å²) in [5.41, 5.74) is -0.339. The second-order valence-electron chi connectivity index (χ2n) is 16.3. The van der Waals surface area contributed by atoms with Crippen LogP contribution in [0.4, 0.5) is 5.69 Å². The van der Waals surface area contributed by atoms with Crippen LogP contribution < -0.4 is 10.1 Å². The molecule has 6 rings (SSSR count). The topological polar surface area (TPSA) is 220 Å². The van der Waals surface area contributed by atoms with E-state index in [1.54, 1.807) is 44.9 Å². The fraction of sp³-hybridized carbons (Fsp3) is 0.545. The Morgan fingerprint density at radius 1 is 0.967 bits per heavy atom. The van der Waals surface area contributed by atoms with Gasteiger partial charge in [-0.2, -0.15) is 5.10 Å². The molecule has 16 heteroatoms. The number of ether oxygens (including phenoxy) is 4. The molecule has 0 aromatic heterocycles. The number of phenols is 3. The number of amides is 1. The summed E-state index contributed by atoms with van der Waals surface area (Å²) in [4.78, 5) is 42.8. The number of aliphatic hydroxyl groups excluding tert-OH is 2. The average Bonchev–Trinajstić information content (AvgIpc) is 3.49. The summed E-state index contributed by atoms with van der Waals surface area (Å²) in [6.07, 6.45) is 4.88. The summed E-state index contributed by atoms with van der Waals surface area (Å²) >= 11 is 0. The van der Waals surface area contributed by atoms with E-state index < -0.39 is 88.8 Å². The van der Waals surface area contributed by atoms with Crippen LogP contribution in [-0.4, -0.2) is 129 Å². The van der Waals surface area contributed by atoms with Gasteiger partial charge in [0.2, 0.25) is 0 Å². The maximum atomic E-state index is 14.5. The predicted octanol–water partition coefficient (Wildman–Crippen LogP) is 4.73. The number of rotatable bonds is 5. The van der Waals surface area contributed by atoms with Gasteiger partial charge in [0.25, 0.3) is 11.7 Å². The standard InChI is InChI=1S/C44H60N4O12/c1-11-47-16-18-48(19-17-47)45-21-29-34-39(54)32-31(38(29)53)33-41(27(7)37(32)52)60-44(9,42(33)55)58-20-15-30(57-10)24(4)40(59-28(8)49)26(6)36(51)25(5)35(50)22(2)13-12-14-23(3)43(56)46-34/h12-15,20-22,24-26,30,35-36,40,50-54H,11,16-19H2,1-10H3,(H,46,56)/b13-12+,20-15+,23-14+,45-21?/t22-,24+,25-,26+,30+,35-,36+,40+,44+/m1/s1. The van der Waals surface area contributed by atoms with Crippen LogP contribution in [0.3, 0.4) is 0 Å². The number of hydrogen-bond donors (Lipinski definition) is 6. The van der Waals surface area contributed by atoms with Crippen LogP contribution in [0.1, 0.15) is 76.9 Å². The number of phenolic OH excluding ortho intramolecular Hbond substituents is 3. The van der Waals surface area contributed by atoms with Gasteiger partial charge in [0.15, 0.2) is 5.75 Å². The first-order valence-electron chi connectivity index (χ1n) is 20.4. The van der Waals surface area contributed by atoms with Crippen molar-refractivity contribution in [2.24, 2.45) is 28.8 Å². The number of methoxy groups -OCH3 is 1. The molecule has 1 saturated heterocycles. The molecule has 60 heavy (non-hydrogen) atoms. The maximum Gasteiger partial charge on any atom is 0.312 e. The number of Topliss-reactive ketones (excluding diaryl/α,β-unsaturated/α-hetero) is 1. The van der Waals surface area contributed by atoms with E-state index in [9.17, 15) is 39.9 Å². The molecule has 1 amide bonds. The number of hydrazone groups is 1. The number of allylic oxidation sites excluding steroid dienone is 2. The summed E-state index contributed by atoms with van der Waals surface area (Å²) in [5.74, 6) is -8.33. The molecule has 4 heterocycles. The SMILES string of the molecule is CCN1CCN(N=Cc2c3c(O)c4c(O)c(C)c5c(c4c2O)C(=O)[C@@](C)(O/C=C/[C@H](OC)[C@H](C)[C@H](OC(C)=O)[C@@H](C)[C@@H](O)[C@H](C)[C@H](O)[C@H](C)/C=C/C=C(\C)C(=O)N3)O5)CC1. The number of ketones is 1. The molecular formula is C44H60N4O12. The number of likely N-dealkylation sites (N-methyl/N-ethyl adjacent to an activating group) is 1. The lowest BCUT2D eigenvalue weighted by Crippen LogP contribution is -2.46. The van der Waals surface area contributed by atoms with Crippen molar-refractivity contribution in [3.63, 3.8) is 0 Å². The number of nitrogens with one attached hydrogen (secondary N) is 1.